The summed E-state index contributed by atoms with van der Waals surface area (Å²) < 4.78 is 0. The van der Waals surface area contributed by atoms with Crippen LogP contribution in [0.15, 0.2) is 60.9 Å². The van der Waals surface area contributed by atoms with Gasteiger partial charge >= 0.3 is 0 Å². The molecule has 1 N–H and O–H groups in total. The smallest absolute Gasteiger partial charge is 0.258 e. The standard InChI is InChI=1S/C22H20N4O2/c1-15(27)16-6-8-20(9-7-16)25-21(28)19-12-23-22(24-13-19)26-11-10-17-4-2-3-5-18(17)14-26/h2-9,12-13H,10-11,14H2,1H3,(H,25,28). The molecule has 28 heavy (non-hydrogen) atoms. The summed E-state index contributed by atoms with van der Waals surface area (Å²) in [6.07, 6.45) is 4.04. The Morgan fingerprint density at radius 2 is 1.61 bits per heavy atom. The van der Waals surface area contributed by atoms with E-state index in [1.54, 1.807) is 36.7 Å². The van der Waals surface area contributed by atoms with Gasteiger partial charge in [-0.1, -0.05) is 24.3 Å². The molecule has 1 aliphatic rings. The Hall–Kier alpha value is -3.54. The first-order chi connectivity index (χ1) is 13.6. The molecule has 6 heteroatoms. The lowest BCUT2D eigenvalue weighted by Gasteiger charge is -2.28. The second kappa shape index (κ2) is 7.60. The molecule has 0 saturated carbocycles. The Labute approximate surface area is 163 Å². The normalized spacial score (nSPS) is 13.0. The number of hydrogen-bond donors (Lipinski definition) is 1. The molecule has 1 aliphatic heterocycles. The van der Waals surface area contributed by atoms with Gasteiger partial charge in [-0.25, -0.2) is 9.97 Å². The SMILES string of the molecule is CC(=O)c1ccc(NC(=O)c2cnc(N3CCc4ccccc4C3)nc2)cc1. The fourth-order valence-electron chi connectivity index (χ4n) is 3.26. The molecule has 0 fully saturated rings. The summed E-state index contributed by atoms with van der Waals surface area (Å²) in [4.78, 5) is 34.6. The van der Waals surface area contributed by atoms with Gasteiger partial charge in [0.2, 0.25) is 5.95 Å². The van der Waals surface area contributed by atoms with Crippen molar-refractivity contribution >= 4 is 23.3 Å². The first-order valence-electron chi connectivity index (χ1n) is 9.16. The fraction of sp³-hybridized carbons (Fsp3) is 0.182. The van der Waals surface area contributed by atoms with E-state index in [1.165, 1.54) is 18.1 Å². The number of fused-ring (bicyclic) bond motifs is 1. The van der Waals surface area contributed by atoms with E-state index in [2.05, 4.69) is 38.4 Å². The van der Waals surface area contributed by atoms with Crippen molar-refractivity contribution in [3.8, 4) is 0 Å². The Morgan fingerprint density at radius 3 is 2.29 bits per heavy atom. The monoisotopic (exact) mass is 372 g/mol. The highest BCUT2D eigenvalue weighted by molar-refractivity contribution is 6.04. The van der Waals surface area contributed by atoms with Crippen molar-refractivity contribution in [2.75, 3.05) is 16.8 Å². The van der Waals surface area contributed by atoms with E-state index in [0.717, 1.165) is 19.5 Å². The van der Waals surface area contributed by atoms with Gasteiger partial charge in [0, 0.05) is 36.7 Å². The summed E-state index contributed by atoms with van der Waals surface area (Å²) in [5.41, 5.74) is 4.26. The van der Waals surface area contributed by atoms with Crippen LogP contribution < -0.4 is 10.2 Å². The van der Waals surface area contributed by atoms with Gasteiger partial charge in [-0.3, -0.25) is 9.59 Å². The summed E-state index contributed by atoms with van der Waals surface area (Å²) in [7, 11) is 0. The second-order valence-electron chi connectivity index (χ2n) is 6.80. The van der Waals surface area contributed by atoms with Gasteiger partial charge in [-0.05, 0) is 48.7 Å². The summed E-state index contributed by atoms with van der Waals surface area (Å²) in [5, 5.41) is 2.79. The summed E-state index contributed by atoms with van der Waals surface area (Å²) >= 11 is 0. The van der Waals surface area contributed by atoms with Crippen molar-refractivity contribution in [1.29, 1.82) is 0 Å². The molecule has 0 unspecified atom stereocenters. The third-order valence-corrected chi connectivity index (χ3v) is 4.86. The van der Waals surface area contributed by atoms with Gasteiger partial charge in [-0.15, -0.1) is 0 Å². The van der Waals surface area contributed by atoms with E-state index in [9.17, 15) is 9.59 Å². The zero-order valence-electron chi connectivity index (χ0n) is 15.6. The maximum Gasteiger partial charge on any atom is 0.258 e. The number of Topliss-reactive ketones (excluding diaryl/α,β-unsaturated/α-hetero) is 1. The van der Waals surface area contributed by atoms with Gasteiger partial charge in [0.1, 0.15) is 0 Å². The van der Waals surface area contributed by atoms with Crippen molar-refractivity contribution in [2.24, 2.45) is 0 Å². The van der Waals surface area contributed by atoms with Crippen LogP contribution in [0.4, 0.5) is 11.6 Å². The van der Waals surface area contributed by atoms with Gasteiger partial charge in [0.25, 0.3) is 5.91 Å². The minimum Gasteiger partial charge on any atom is -0.336 e. The molecule has 1 aromatic heterocycles. The predicted molar refractivity (Wildman–Crippen MR) is 108 cm³/mol. The molecular formula is C22H20N4O2. The number of carbonyl (C=O) groups is 2. The van der Waals surface area contributed by atoms with Crippen LogP contribution >= 0.6 is 0 Å². The second-order valence-corrected chi connectivity index (χ2v) is 6.80. The molecule has 140 valence electrons. The lowest BCUT2D eigenvalue weighted by atomic mass is 10.0. The van der Waals surface area contributed by atoms with Gasteiger partial charge in [0.05, 0.1) is 5.56 Å². The highest BCUT2D eigenvalue weighted by atomic mass is 16.1. The Balaban J connectivity index is 1.43. The van der Waals surface area contributed by atoms with Crippen LogP contribution in [-0.2, 0) is 13.0 Å². The summed E-state index contributed by atoms with van der Waals surface area (Å²) in [5.74, 6) is 0.324. The number of nitrogens with one attached hydrogen (secondary N) is 1. The van der Waals surface area contributed by atoms with Crippen LogP contribution in [0.5, 0.6) is 0 Å². The lowest BCUT2D eigenvalue weighted by Crippen LogP contribution is -2.31. The molecule has 6 nitrogen and oxygen atoms in total. The largest absolute Gasteiger partial charge is 0.336 e. The number of aromatic nitrogens is 2. The molecule has 2 heterocycles. The average Bonchev–Trinajstić information content (AvgIpc) is 2.74. The van der Waals surface area contributed by atoms with Crippen molar-refractivity contribution in [1.82, 2.24) is 9.97 Å². The molecule has 2 aromatic carbocycles. The van der Waals surface area contributed by atoms with Crippen LogP contribution in [0.1, 0.15) is 38.8 Å². The predicted octanol–water partition coefficient (Wildman–Crippen LogP) is 3.49. The molecular weight excluding hydrogens is 352 g/mol. The Kier molecular flexibility index (Phi) is 4.85. The van der Waals surface area contributed by atoms with Crippen LogP contribution in [-0.4, -0.2) is 28.2 Å². The number of carbonyl (C=O) groups excluding carboxylic acids is 2. The molecule has 0 bridgehead atoms. The minimum atomic E-state index is -0.286. The maximum absolute atomic E-state index is 12.4. The zero-order valence-corrected chi connectivity index (χ0v) is 15.6. The lowest BCUT2D eigenvalue weighted by molar-refractivity contribution is 0.101. The summed E-state index contributed by atoms with van der Waals surface area (Å²) in [6.45, 7) is 3.13. The topological polar surface area (TPSA) is 75.2 Å². The van der Waals surface area contributed by atoms with Gasteiger partial charge < -0.3 is 10.2 Å². The van der Waals surface area contributed by atoms with Crippen molar-refractivity contribution in [2.45, 2.75) is 19.9 Å². The fourth-order valence-corrected chi connectivity index (χ4v) is 3.26. The number of benzene rings is 2. The molecule has 3 aromatic rings. The Morgan fingerprint density at radius 1 is 0.929 bits per heavy atom. The van der Waals surface area contributed by atoms with E-state index < -0.39 is 0 Å². The number of amides is 1. The minimum absolute atomic E-state index is 0.0119. The van der Waals surface area contributed by atoms with Crippen LogP contribution in [0, 0.1) is 0 Å². The van der Waals surface area contributed by atoms with Crippen molar-refractivity contribution in [3.63, 3.8) is 0 Å². The molecule has 0 atom stereocenters. The van der Waals surface area contributed by atoms with Gasteiger partial charge in [0.15, 0.2) is 5.78 Å². The number of rotatable bonds is 4. The van der Waals surface area contributed by atoms with Gasteiger partial charge in [-0.2, -0.15) is 0 Å². The number of hydrogen-bond acceptors (Lipinski definition) is 5. The molecule has 0 spiro atoms. The van der Waals surface area contributed by atoms with Crippen molar-refractivity contribution in [3.05, 3.63) is 83.2 Å². The molecule has 1 amide bonds. The number of anilines is 2. The van der Waals surface area contributed by atoms with E-state index >= 15 is 0 Å². The number of nitrogens with zero attached hydrogens (tertiary/aromatic N) is 3. The quantitative estimate of drug-likeness (QED) is 0.710. The van der Waals surface area contributed by atoms with Crippen LogP contribution in [0.3, 0.4) is 0 Å². The highest BCUT2D eigenvalue weighted by Gasteiger charge is 2.18. The van der Waals surface area contributed by atoms with Crippen molar-refractivity contribution < 1.29 is 9.59 Å². The van der Waals surface area contributed by atoms with Crippen LogP contribution in [0.2, 0.25) is 0 Å². The maximum atomic E-state index is 12.4. The first-order valence-corrected chi connectivity index (χ1v) is 9.16. The van der Waals surface area contributed by atoms with E-state index in [4.69, 9.17) is 0 Å². The average molecular weight is 372 g/mol. The van der Waals surface area contributed by atoms with E-state index in [-0.39, 0.29) is 11.7 Å². The molecule has 0 saturated heterocycles. The molecule has 0 radical (unpaired) electrons. The summed E-state index contributed by atoms with van der Waals surface area (Å²) in [6, 6.07) is 15.2. The Bertz CT molecular complexity index is 1010. The third-order valence-electron chi connectivity index (χ3n) is 4.86. The van der Waals surface area contributed by atoms with E-state index in [1.807, 2.05) is 6.07 Å². The number of ketones is 1. The first kappa shape index (κ1) is 17.9. The zero-order chi connectivity index (χ0) is 19.5. The third kappa shape index (κ3) is 3.76. The molecule has 0 aliphatic carbocycles. The van der Waals surface area contributed by atoms with Crippen LogP contribution in [0.25, 0.3) is 0 Å². The molecule has 4 rings (SSSR count). The highest BCUT2D eigenvalue weighted by Crippen LogP contribution is 2.21. The van der Waals surface area contributed by atoms with E-state index in [0.29, 0.717) is 22.8 Å².